The minimum Gasteiger partial charge on any atom is -0.485 e. The molecular weight excluding hydrogens is 341 g/mol. The normalized spacial score (nSPS) is 13.6. The third-order valence-electron chi connectivity index (χ3n) is 3.08. The van der Waals surface area contributed by atoms with Crippen LogP contribution in [0, 0.1) is 5.82 Å². The molecule has 8 heteroatoms. The molecule has 0 saturated heterocycles. The zero-order valence-corrected chi connectivity index (χ0v) is 13.6. The fourth-order valence-electron chi connectivity index (χ4n) is 2.11. The quantitative estimate of drug-likeness (QED) is 0.915. The summed E-state index contributed by atoms with van der Waals surface area (Å²) < 4.78 is 43.7. The lowest BCUT2D eigenvalue weighted by Gasteiger charge is -2.12. The van der Waals surface area contributed by atoms with E-state index in [0.717, 1.165) is 6.26 Å². The van der Waals surface area contributed by atoms with Crippen LogP contribution >= 0.6 is 11.8 Å². The molecule has 2 aromatic carbocycles. The van der Waals surface area contributed by atoms with Crippen LogP contribution in [0.3, 0.4) is 0 Å². The molecule has 0 amide bonds. The molecule has 0 atom stereocenters. The highest BCUT2D eigenvalue weighted by molar-refractivity contribution is 7.99. The number of hydrogen-bond acceptors (Lipinski definition) is 5. The van der Waals surface area contributed by atoms with Crippen LogP contribution in [-0.2, 0) is 10.0 Å². The number of ether oxygens (including phenoxy) is 1. The van der Waals surface area contributed by atoms with Crippen LogP contribution in [-0.4, -0.2) is 27.1 Å². The zero-order chi connectivity index (χ0) is 16.6. The topological polar surface area (TPSA) is 72.5 Å². The second-order valence-corrected chi connectivity index (χ2v) is 7.85. The molecule has 1 aliphatic heterocycles. The monoisotopic (exact) mass is 353 g/mol. The molecule has 2 aromatic rings. The standard InChI is InChI=1S/C15H12FNO4S2/c1-23(19,20)17-12-7-14-11(13(18)8-21-14)6-15(12)22-10-4-2-9(16)3-5-10/h2-7,17H,8H2,1H3. The molecule has 1 aliphatic rings. The van der Waals surface area contributed by atoms with E-state index < -0.39 is 10.0 Å². The number of carbonyl (C=O) groups excluding carboxylic acids is 1. The van der Waals surface area contributed by atoms with Gasteiger partial charge in [-0.05, 0) is 30.3 Å². The predicted octanol–water partition coefficient (Wildman–Crippen LogP) is 2.92. The Morgan fingerprint density at radius 2 is 1.91 bits per heavy atom. The van der Waals surface area contributed by atoms with Crippen LogP contribution in [0.5, 0.6) is 5.75 Å². The van der Waals surface area contributed by atoms with Gasteiger partial charge >= 0.3 is 0 Å². The van der Waals surface area contributed by atoms with Gasteiger partial charge in [-0.25, -0.2) is 12.8 Å². The maximum Gasteiger partial charge on any atom is 0.229 e. The second kappa shape index (κ2) is 5.86. The van der Waals surface area contributed by atoms with Crippen LogP contribution < -0.4 is 9.46 Å². The lowest BCUT2D eigenvalue weighted by atomic mass is 10.1. The van der Waals surface area contributed by atoms with Gasteiger partial charge in [0.15, 0.2) is 6.61 Å². The van der Waals surface area contributed by atoms with Crippen LogP contribution in [0.2, 0.25) is 0 Å². The molecule has 0 aliphatic carbocycles. The van der Waals surface area contributed by atoms with E-state index in [1.807, 2.05) is 0 Å². The number of fused-ring (bicyclic) bond motifs is 1. The Labute approximate surface area is 136 Å². The molecule has 1 N–H and O–H groups in total. The van der Waals surface area contributed by atoms with Gasteiger partial charge in [0.25, 0.3) is 0 Å². The first-order valence-electron chi connectivity index (χ1n) is 6.57. The number of rotatable bonds is 4. The molecule has 1 heterocycles. The molecule has 0 radical (unpaired) electrons. The van der Waals surface area contributed by atoms with Gasteiger partial charge in [0.1, 0.15) is 11.6 Å². The van der Waals surface area contributed by atoms with E-state index in [9.17, 15) is 17.6 Å². The number of benzene rings is 2. The summed E-state index contributed by atoms with van der Waals surface area (Å²) in [6, 6.07) is 8.87. The first-order chi connectivity index (χ1) is 10.8. The molecule has 0 fully saturated rings. The largest absolute Gasteiger partial charge is 0.485 e. The maximum atomic E-state index is 13.0. The van der Waals surface area contributed by atoms with E-state index in [4.69, 9.17) is 4.74 Å². The maximum absolute atomic E-state index is 13.0. The SMILES string of the molecule is CS(=O)(=O)Nc1cc2c(cc1Sc1ccc(F)cc1)C(=O)CO2. The Morgan fingerprint density at radius 1 is 1.22 bits per heavy atom. The molecule has 3 rings (SSSR count). The van der Waals surface area contributed by atoms with Crippen LogP contribution in [0.1, 0.15) is 10.4 Å². The van der Waals surface area contributed by atoms with Crippen molar-refractivity contribution >= 4 is 33.3 Å². The minimum absolute atomic E-state index is 0.0572. The first-order valence-corrected chi connectivity index (χ1v) is 9.28. The van der Waals surface area contributed by atoms with E-state index in [0.29, 0.717) is 26.8 Å². The summed E-state index contributed by atoms with van der Waals surface area (Å²) in [6.07, 6.45) is 1.04. The molecule has 0 bridgehead atoms. The van der Waals surface area contributed by atoms with Crippen molar-refractivity contribution in [3.63, 3.8) is 0 Å². The van der Waals surface area contributed by atoms with Gasteiger partial charge in [-0.3, -0.25) is 9.52 Å². The smallest absolute Gasteiger partial charge is 0.229 e. The molecule has 0 aromatic heterocycles. The highest BCUT2D eigenvalue weighted by atomic mass is 32.2. The van der Waals surface area contributed by atoms with Crippen molar-refractivity contribution in [2.75, 3.05) is 17.6 Å². The summed E-state index contributed by atoms with van der Waals surface area (Å²) in [5.74, 6) is -0.169. The summed E-state index contributed by atoms with van der Waals surface area (Å²) in [5, 5.41) is 0. The van der Waals surface area contributed by atoms with E-state index in [-0.39, 0.29) is 18.2 Å². The summed E-state index contributed by atoms with van der Waals surface area (Å²) >= 11 is 1.23. The van der Waals surface area contributed by atoms with Gasteiger partial charge in [-0.1, -0.05) is 11.8 Å². The highest BCUT2D eigenvalue weighted by Crippen LogP contribution is 2.40. The van der Waals surface area contributed by atoms with Gasteiger partial charge in [0.2, 0.25) is 15.8 Å². The van der Waals surface area contributed by atoms with Gasteiger partial charge in [-0.2, -0.15) is 0 Å². The Balaban J connectivity index is 2.03. The van der Waals surface area contributed by atoms with Crippen molar-refractivity contribution in [2.45, 2.75) is 9.79 Å². The molecule has 23 heavy (non-hydrogen) atoms. The number of halogens is 1. The van der Waals surface area contributed by atoms with Gasteiger partial charge in [0, 0.05) is 15.9 Å². The van der Waals surface area contributed by atoms with Crippen molar-refractivity contribution in [3.05, 3.63) is 47.8 Å². The van der Waals surface area contributed by atoms with Crippen molar-refractivity contribution in [2.24, 2.45) is 0 Å². The van der Waals surface area contributed by atoms with E-state index in [1.54, 1.807) is 18.2 Å². The zero-order valence-electron chi connectivity index (χ0n) is 12.0. The molecule has 0 saturated carbocycles. The molecule has 120 valence electrons. The Hall–Kier alpha value is -2.06. The van der Waals surface area contributed by atoms with Crippen LogP contribution in [0.25, 0.3) is 0 Å². The van der Waals surface area contributed by atoms with E-state index in [1.165, 1.54) is 30.0 Å². The average molecular weight is 353 g/mol. The third-order valence-corrected chi connectivity index (χ3v) is 4.73. The number of hydrogen-bond donors (Lipinski definition) is 1. The number of nitrogens with one attached hydrogen (secondary N) is 1. The van der Waals surface area contributed by atoms with Crippen molar-refractivity contribution < 1.29 is 22.3 Å². The fraction of sp³-hybridized carbons (Fsp3) is 0.133. The molecular formula is C15H12FNO4S2. The predicted molar refractivity (Wildman–Crippen MR) is 85.3 cm³/mol. The molecule has 0 spiro atoms. The Kier molecular flexibility index (Phi) is 4.03. The summed E-state index contributed by atoms with van der Waals surface area (Å²) in [7, 11) is -3.49. The summed E-state index contributed by atoms with van der Waals surface area (Å²) in [5.41, 5.74) is 0.726. The van der Waals surface area contributed by atoms with Gasteiger partial charge in [0.05, 0.1) is 17.5 Å². The Bertz CT molecular complexity index is 879. The lowest BCUT2D eigenvalue weighted by molar-refractivity contribution is 0.0961. The van der Waals surface area contributed by atoms with E-state index >= 15 is 0 Å². The summed E-state index contributed by atoms with van der Waals surface area (Å²) in [4.78, 5) is 13.0. The number of Topliss-reactive ketones (excluding diaryl/α,β-unsaturated/α-hetero) is 1. The number of anilines is 1. The van der Waals surface area contributed by atoms with Crippen LogP contribution in [0.4, 0.5) is 10.1 Å². The average Bonchev–Trinajstić information content (AvgIpc) is 2.81. The third kappa shape index (κ3) is 3.65. The first kappa shape index (κ1) is 15.8. The van der Waals surface area contributed by atoms with Crippen molar-refractivity contribution in [3.8, 4) is 5.75 Å². The minimum atomic E-state index is -3.49. The second-order valence-electron chi connectivity index (χ2n) is 4.99. The van der Waals surface area contributed by atoms with Crippen molar-refractivity contribution in [1.82, 2.24) is 0 Å². The van der Waals surface area contributed by atoms with E-state index in [2.05, 4.69) is 4.72 Å². The van der Waals surface area contributed by atoms with Gasteiger partial charge < -0.3 is 4.74 Å². The molecule has 5 nitrogen and oxygen atoms in total. The summed E-state index contributed by atoms with van der Waals surface area (Å²) in [6.45, 7) is -0.0572. The van der Waals surface area contributed by atoms with Crippen molar-refractivity contribution in [1.29, 1.82) is 0 Å². The van der Waals surface area contributed by atoms with Gasteiger partial charge in [-0.15, -0.1) is 0 Å². The number of ketones is 1. The van der Waals surface area contributed by atoms with Crippen LogP contribution in [0.15, 0.2) is 46.2 Å². The number of sulfonamides is 1. The highest BCUT2D eigenvalue weighted by Gasteiger charge is 2.24. The lowest BCUT2D eigenvalue weighted by Crippen LogP contribution is -2.10. The molecule has 0 unspecified atom stereocenters. The number of carbonyl (C=O) groups is 1. The fourth-order valence-corrected chi connectivity index (χ4v) is 3.67. The Morgan fingerprint density at radius 3 is 2.57 bits per heavy atom.